The van der Waals surface area contributed by atoms with Gasteiger partial charge in [0.25, 0.3) is 0 Å². The van der Waals surface area contributed by atoms with E-state index in [1.54, 1.807) is 6.20 Å². The smallest absolute Gasteiger partial charge is 0.191 e. The minimum absolute atomic E-state index is 0.568. The van der Waals surface area contributed by atoms with Gasteiger partial charge in [-0.25, -0.2) is 15.0 Å². The predicted molar refractivity (Wildman–Crippen MR) is 65.3 cm³/mol. The molecule has 0 saturated heterocycles. The van der Waals surface area contributed by atoms with Crippen LogP contribution in [0.3, 0.4) is 0 Å². The standard InChI is InChI=1S/C11H19N5/c1-4-12-11(13-5-2)15-8-10-6-7-14-9(3)16-10/h6-7H,4-5,8H2,1-3H3,(H2,12,13,15). The molecule has 0 aliphatic rings. The highest BCUT2D eigenvalue weighted by molar-refractivity contribution is 5.79. The first-order valence-electron chi connectivity index (χ1n) is 5.57. The highest BCUT2D eigenvalue weighted by Crippen LogP contribution is 1.96. The fourth-order valence-corrected chi connectivity index (χ4v) is 1.26. The van der Waals surface area contributed by atoms with Gasteiger partial charge in [-0.05, 0) is 26.8 Å². The third-order valence-electron chi connectivity index (χ3n) is 1.92. The van der Waals surface area contributed by atoms with Gasteiger partial charge in [-0.2, -0.15) is 0 Å². The fourth-order valence-electron chi connectivity index (χ4n) is 1.26. The van der Waals surface area contributed by atoms with Crippen molar-refractivity contribution in [2.45, 2.75) is 27.3 Å². The lowest BCUT2D eigenvalue weighted by Gasteiger charge is -2.08. The fraction of sp³-hybridized carbons (Fsp3) is 0.545. The Morgan fingerprint density at radius 3 is 2.56 bits per heavy atom. The summed E-state index contributed by atoms with van der Waals surface area (Å²) in [5.74, 6) is 1.60. The summed E-state index contributed by atoms with van der Waals surface area (Å²) < 4.78 is 0. The van der Waals surface area contributed by atoms with Gasteiger partial charge in [0, 0.05) is 19.3 Å². The Labute approximate surface area is 96.4 Å². The molecule has 0 bridgehead atoms. The number of aryl methyl sites for hydroxylation is 1. The third kappa shape index (κ3) is 4.25. The summed E-state index contributed by atoms with van der Waals surface area (Å²) in [4.78, 5) is 12.8. The Bertz CT molecular complexity index is 340. The Hall–Kier alpha value is -1.65. The molecule has 1 aromatic rings. The number of nitrogens with one attached hydrogen (secondary N) is 2. The number of guanidine groups is 1. The van der Waals surface area contributed by atoms with Crippen molar-refractivity contribution in [3.05, 3.63) is 23.8 Å². The van der Waals surface area contributed by atoms with Crippen LogP contribution in [0.15, 0.2) is 17.3 Å². The van der Waals surface area contributed by atoms with E-state index in [0.29, 0.717) is 6.54 Å². The van der Waals surface area contributed by atoms with Gasteiger partial charge < -0.3 is 10.6 Å². The molecule has 0 unspecified atom stereocenters. The molecule has 0 aromatic carbocycles. The van der Waals surface area contributed by atoms with Gasteiger partial charge in [0.2, 0.25) is 0 Å². The van der Waals surface area contributed by atoms with E-state index >= 15 is 0 Å². The van der Waals surface area contributed by atoms with Crippen LogP contribution in [0.25, 0.3) is 0 Å². The summed E-state index contributed by atoms with van der Waals surface area (Å²) >= 11 is 0. The van der Waals surface area contributed by atoms with E-state index in [1.165, 1.54) is 0 Å². The van der Waals surface area contributed by atoms with Crippen molar-refractivity contribution in [2.75, 3.05) is 13.1 Å². The largest absolute Gasteiger partial charge is 0.357 e. The van der Waals surface area contributed by atoms with Crippen LogP contribution >= 0.6 is 0 Å². The van der Waals surface area contributed by atoms with E-state index < -0.39 is 0 Å². The quantitative estimate of drug-likeness (QED) is 0.585. The lowest BCUT2D eigenvalue weighted by molar-refractivity contribution is 0.829. The van der Waals surface area contributed by atoms with Gasteiger partial charge in [0.1, 0.15) is 5.82 Å². The number of aromatic nitrogens is 2. The van der Waals surface area contributed by atoms with E-state index in [4.69, 9.17) is 0 Å². The summed E-state index contributed by atoms with van der Waals surface area (Å²) in [5.41, 5.74) is 0.931. The van der Waals surface area contributed by atoms with E-state index in [9.17, 15) is 0 Å². The molecule has 5 nitrogen and oxygen atoms in total. The number of nitrogens with zero attached hydrogens (tertiary/aromatic N) is 3. The monoisotopic (exact) mass is 221 g/mol. The zero-order valence-electron chi connectivity index (χ0n) is 10.1. The molecule has 1 heterocycles. The molecule has 0 fully saturated rings. The summed E-state index contributed by atoms with van der Waals surface area (Å²) in [5, 5.41) is 6.33. The van der Waals surface area contributed by atoms with Gasteiger partial charge in [-0.1, -0.05) is 0 Å². The zero-order chi connectivity index (χ0) is 11.8. The van der Waals surface area contributed by atoms with Crippen molar-refractivity contribution in [1.29, 1.82) is 0 Å². The molecule has 0 aliphatic carbocycles. The minimum Gasteiger partial charge on any atom is -0.357 e. The third-order valence-corrected chi connectivity index (χ3v) is 1.92. The SMILES string of the molecule is CCNC(=NCc1ccnc(C)n1)NCC. The second-order valence-corrected chi connectivity index (χ2v) is 3.32. The molecule has 88 valence electrons. The normalized spacial score (nSPS) is 9.69. The van der Waals surface area contributed by atoms with E-state index in [0.717, 1.165) is 30.6 Å². The van der Waals surface area contributed by atoms with Crippen LogP contribution in [0.2, 0.25) is 0 Å². The van der Waals surface area contributed by atoms with Crippen molar-refractivity contribution in [3.8, 4) is 0 Å². The molecule has 2 N–H and O–H groups in total. The Kier molecular flexibility index (Phi) is 5.25. The molecule has 0 aliphatic heterocycles. The summed E-state index contributed by atoms with van der Waals surface area (Å²) in [6, 6.07) is 1.88. The molecule has 0 atom stereocenters. The van der Waals surface area contributed by atoms with Crippen LogP contribution in [-0.2, 0) is 6.54 Å². The highest BCUT2D eigenvalue weighted by atomic mass is 15.2. The van der Waals surface area contributed by atoms with Gasteiger partial charge in [-0.15, -0.1) is 0 Å². The van der Waals surface area contributed by atoms with Gasteiger partial charge in [-0.3, -0.25) is 0 Å². The molecular formula is C11H19N5. The summed E-state index contributed by atoms with van der Waals surface area (Å²) in [6.07, 6.45) is 1.76. The molecule has 1 aromatic heterocycles. The first kappa shape index (κ1) is 12.4. The first-order valence-corrected chi connectivity index (χ1v) is 5.57. The second-order valence-electron chi connectivity index (χ2n) is 3.32. The van der Waals surface area contributed by atoms with Crippen LogP contribution < -0.4 is 10.6 Å². The molecule has 1 rings (SSSR count). The Morgan fingerprint density at radius 1 is 1.31 bits per heavy atom. The maximum Gasteiger partial charge on any atom is 0.191 e. The van der Waals surface area contributed by atoms with E-state index in [1.807, 2.05) is 26.8 Å². The second kappa shape index (κ2) is 6.76. The lowest BCUT2D eigenvalue weighted by Crippen LogP contribution is -2.37. The molecular weight excluding hydrogens is 202 g/mol. The highest BCUT2D eigenvalue weighted by Gasteiger charge is 1.97. The van der Waals surface area contributed by atoms with Crippen molar-refractivity contribution >= 4 is 5.96 Å². The van der Waals surface area contributed by atoms with Crippen molar-refractivity contribution in [2.24, 2.45) is 4.99 Å². The molecule has 16 heavy (non-hydrogen) atoms. The van der Waals surface area contributed by atoms with Crippen molar-refractivity contribution in [1.82, 2.24) is 20.6 Å². The van der Waals surface area contributed by atoms with Crippen LogP contribution in [0.1, 0.15) is 25.4 Å². The first-order chi connectivity index (χ1) is 7.76. The maximum absolute atomic E-state index is 4.42. The summed E-state index contributed by atoms with van der Waals surface area (Å²) in [6.45, 7) is 8.24. The van der Waals surface area contributed by atoms with Crippen LogP contribution in [0.4, 0.5) is 0 Å². The molecule has 0 radical (unpaired) electrons. The zero-order valence-corrected chi connectivity index (χ0v) is 10.1. The van der Waals surface area contributed by atoms with Crippen molar-refractivity contribution in [3.63, 3.8) is 0 Å². The number of hydrogen-bond acceptors (Lipinski definition) is 3. The van der Waals surface area contributed by atoms with Gasteiger partial charge in [0.15, 0.2) is 5.96 Å². The topological polar surface area (TPSA) is 62.2 Å². The van der Waals surface area contributed by atoms with Gasteiger partial charge >= 0.3 is 0 Å². The average Bonchev–Trinajstić information content (AvgIpc) is 2.27. The number of aliphatic imine (C=N–C) groups is 1. The lowest BCUT2D eigenvalue weighted by atomic mass is 10.4. The van der Waals surface area contributed by atoms with Crippen LogP contribution in [0.5, 0.6) is 0 Å². The van der Waals surface area contributed by atoms with E-state index in [2.05, 4.69) is 25.6 Å². The summed E-state index contributed by atoms with van der Waals surface area (Å²) in [7, 11) is 0. The average molecular weight is 221 g/mol. The molecule has 0 saturated carbocycles. The number of rotatable bonds is 4. The number of hydrogen-bond donors (Lipinski definition) is 2. The van der Waals surface area contributed by atoms with Crippen molar-refractivity contribution < 1.29 is 0 Å². The molecule has 5 heteroatoms. The maximum atomic E-state index is 4.42. The Balaban J connectivity index is 2.61. The molecule has 0 spiro atoms. The molecule has 0 amide bonds. The van der Waals surface area contributed by atoms with Crippen LogP contribution in [-0.4, -0.2) is 29.0 Å². The predicted octanol–water partition coefficient (Wildman–Crippen LogP) is 0.860. The Morgan fingerprint density at radius 2 is 2.00 bits per heavy atom. The van der Waals surface area contributed by atoms with Crippen LogP contribution in [0, 0.1) is 6.92 Å². The van der Waals surface area contributed by atoms with E-state index in [-0.39, 0.29) is 0 Å². The van der Waals surface area contributed by atoms with Gasteiger partial charge in [0.05, 0.1) is 12.2 Å². The minimum atomic E-state index is 0.568.